The number of nitrogens with one attached hydrogen (secondary N) is 2. The first-order chi connectivity index (χ1) is 17.0. The third kappa shape index (κ3) is 7.44. The fourth-order valence-corrected chi connectivity index (χ4v) is 3.73. The van der Waals surface area contributed by atoms with Crippen LogP contribution in [-0.4, -0.2) is 39.7 Å². The topological polar surface area (TPSA) is 79.3 Å². The third-order valence-electron chi connectivity index (χ3n) is 5.97. The summed E-state index contributed by atoms with van der Waals surface area (Å²) in [6.07, 6.45) is 0.807. The van der Waals surface area contributed by atoms with Crippen molar-refractivity contribution in [1.82, 2.24) is 20.0 Å². The monoisotopic (exact) mass is 489 g/mol. The van der Waals surface area contributed by atoms with Crippen LogP contribution in [-0.2, 0) is 16.8 Å². The number of carbonyl (C=O) groups is 2. The number of benzene rings is 2. The summed E-state index contributed by atoms with van der Waals surface area (Å²) in [7, 11) is 0. The Balaban J connectivity index is 1.78. The van der Waals surface area contributed by atoms with Gasteiger partial charge in [0.15, 0.2) is 0 Å². The number of nitrogens with zero attached hydrogens (tertiary/aromatic N) is 3. The van der Waals surface area contributed by atoms with E-state index in [-0.39, 0.29) is 23.9 Å². The molecule has 3 aromatic rings. The van der Waals surface area contributed by atoms with Crippen molar-refractivity contribution in [2.45, 2.75) is 59.9 Å². The van der Waals surface area contributed by atoms with Gasteiger partial charge in [-0.05, 0) is 36.5 Å². The van der Waals surface area contributed by atoms with Crippen LogP contribution < -0.4 is 10.6 Å². The van der Waals surface area contributed by atoms with Crippen LogP contribution in [0.5, 0.6) is 0 Å². The summed E-state index contributed by atoms with van der Waals surface area (Å²) < 4.78 is 1.78. The summed E-state index contributed by atoms with van der Waals surface area (Å²) in [5.74, 6) is 0.742. The Bertz CT molecular complexity index is 1160. The lowest BCUT2D eigenvalue weighted by Crippen LogP contribution is -2.44. The molecule has 7 heteroatoms. The lowest BCUT2D eigenvalue weighted by Gasteiger charge is -2.23. The predicted molar refractivity (Wildman–Crippen MR) is 145 cm³/mol. The highest BCUT2D eigenvalue weighted by Crippen LogP contribution is 2.27. The number of aryl methyl sites for hydroxylation is 1. The smallest absolute Gasteiger partial charge is 0.318 e. The second kappa shape index (κ2) is 11.9. The Morgan fingerprint density at radius 2 is 1.69 bits per heavy atom. The number of amides is 3. The maximum atomic E-state index is 13.2. The standard InChI is InChI=1S/C29H39N5O2/c1-21(2)16-17-33(28(36)30-19-23-13-8-7-9-14-23)20-27(35)31-26-18-25(29(4,5)6)32-34(26)24-15-11-10-12-22(24)3/h7-15,18,21H,16-17,19-20H2,1-6H3,(H,30,36)(H,31,35). The average molecular weight is 490 g/mol. The summed E-state index contributed by atoms with van der Waals surface area (Å²) in [4.78, 5) is 27.8. The van der Waals surface area contributed by atoms with Gasteiger partial charge in [-0.1, -0.05) is 83.1 Å². The summed E-state index contributed by atoms with van der Waals surface area (Å²) in [6, 6.07) is 19.3. The van der Waals surface area contributed by atoms with Gasteiger partial charge in [0.05, 0.1) is 11.4 Å². The van der Waals surface area contributed by atoms with Crippen molar-refractivity contribution in [2.24, 2.45) is 5.92 Å². The van der Waals surface area contributed by atoms with E-state index in [2.05, 4.69) is 45.3 Å². The molecule has 0 bridgehead atoms. The van der Waals surface area contributed by atoms with Crippen molar-refractivity contribution in [3.63, 3.8) is 0 Å². The van der Waals surface area contributed by atoms with Gasteiger partial charge in [-0.3, -0.25) is 4.79 Å². The molecule has 0 saturated heterocycles. The van der Waals surface area contributed by atoms with Gasteiger partial charge in [-0.2, -0.15) is 5.10 Å². The first-order valence-electron chi connectivity index (χ1n) is 12.6. The minimum Gasteiger partial charge on any atom is -0.334 e. The van der Waals surface area contributed by atoms with Crippen LogP contribution in [0.2, 0.25) is 0 Å². The number of rotatable bonds is 9. The first kappa shape index (κ1) is 27.0. The molecule has 0 atom stereocenters. The van der Waals surface area contributed by atoms with Crippen molar-refractivity contribution in [3.8, 4) is 5.69 Å². The Labute approximate surface area is 214 Å². The number of hydrogen-bond acceptors (Lipinski definition) is 3. The van der Waals surface area contributed by atoms with Crippen molar-refractivity contribution in [2.75, 3.05) is 18.4 Å². The Hall–Kier alpha value is -3.61. The molecule has 7 nitrogen and oxygen atoms in total. The van der Waals surface area contributed by atoms with Gasteiger partial charge in [-0.15, -0.1) is 0 Å². The van der Waals surface area contributed by atoms with Crippen LogP contribution >= 0.6 is 0 Å². The van der Waals surface area contributed by atoms with Gasteiger partial charge < -0.3 is 15.5 Å². The first-order valence-corrected chi connectivity index (χ1v) is 12.6. The van der Waals surface area contributed by atoms with E-state index in [1.807, 2.05) is 67.6 Å². The largest absolute Gasteiger partial charge is 0.334 e. The summed E-state index contributed by atoms with van der Waals surface area (Å²) in [5.41, 5.74) is 3.65. The molecule has 0 saturated carbocycles. The molecule has 0 spiro atoms. The van der Waals surface area contributed by atoms with E-state index >= 15 is 0 Å². The Morgan fingerprint density at radius 1 is 1.03 bits per heavy atom. The van der Waals surface area contributed by atoms with Crippen molar-refractivity contribution in [1.29, 1.82) is 0 Å². The molecule has 0 aliphatic rings. The lowest BCUT2D eigenvalue weighted by molar-refractivity contribution is -0.116. The van der Waals surface area contributed by atoms with Crippen LogP contribution in [0, 0.1) is 12.8 Å². The van der Waals surface area contributed by atoms with Gasteiger partial charge in [0, 0.05) is 24.6 Å². The molecule has 1 aromatic heterocycles. The SMILES string of the molecule is Cc1ccccc1-n1nc(C(C)(C)C)cc1NC(=O)CN(CCC(C)C)C(=O)NCc1ccccc1. The normalized spacial score (nSPS) is 11.4. The van der Waals surface area contributed by atoms with Crippen molar-refractivity contribution in [3.05, 3.63) is 77.5 Å². The number of anilines is 1. The molecular weight excluding hydrogens is 450 g/mol. The molecule has 2 N–H and O–H groups in total. The fourth-order valence-electron chi connectivity index (χ4n) is 3.73. The molecule has 2 aromatic carbocycles. The molecule has 1 heterocycles. The third-order valence-corrected chi connectivity index (χ3v) is 5.97. The molecule has 0 radical (unpaired) electrons. The molecule has 3 rings (SSSR count). The van der Waals surface area contributed by atoms with Crippen LogP contribution in [0.1, 0.15) is 57.9 Å². The van der Waals surface area contributed by atoms with E-state index in [4.69, 9.17) is 5.10 Å². The maximum absolute atomic E-state index is 13.2. The zero-order valence-electron chi connectivity index (χ0n) is 22.3. The number of hydrogen-bond donors (Lipinski definition) is 2. The Morgan fingerprint density at radius 3 is 2.33 bits per heavy atom. The highest BCUT2D eigenvalue weighted by atomic mass is 16.2. The maximum Gasteiger partial charge on any atom is 0.318 e. The van der Waals surface area contributed by atoms with Crippen molar-refractivity contribution >= 4 is 17.8 Å². The fraction of sp³-hybridized carbons (Fsp3) is 0.414. The highest BCUT2D eigenvalue weighted by Gasteiger charge is 2.23. The number of urea groups is 1. The molecule has 36 heavy (non-hydrogen) atoms. The molecule has 0 aliphatic heterocycles. The number of carbonyl (C=O) groups excluding carboxylic acids is 2. The molecule has 0 unspecified atom stereocenters. The van der Waals surface area contributed by atoms with E-state index < -0.39 is 0 Å². The van der Waals surface area contributed by atoms with Gasteiger partial charge in [0.2, 0.25) is 5.91 Å². The van der Waals surface area contributed by atoms with Crippen LogP contribution in [0.3, 0.4) is 0 Å². The van der Waals surface area contributed by atoms with E-state index in [9.17, 15) is 9.59 Å². The van der Waals surface area contributed by atoms with E-state index in [0.29, 0.717) is 24.8 Å². The van der Waals surface area contributed by atoms with E-state index in [0.717, 1.165) is 28.9 Å². The lowest BCUT2D eigenvalue weighted by atomic mass is 9.92. The van der Waals surface area contributed by atoms with Gasteiger partial charge >= 0.3 is 6.03 Å². The zero-order chi connectivity index (χ0) is 26.3. The molecule has 3 amide bonds. The molecular formula is C29H39N5O2. The van der Waals surface area contributed by atoms with Crippen LogP contribution in [0.15, 0.2) is 60.7 Å². The van der Waals surface area contributed by atoms with Gasteiger partial charge in [0.25, 0.3) is 0 Å². The number of aromatic nitrogens is 2. The molecule has 0 fully saturated rings. The quantitative estimate of drug-likeness (QED) is 0.406. The molecule has 0 aliphatic carbocycles. The summed E-state index contributed by atoms with van der Waals surface area (Å²) in [6.45, 7) is 13.4. The minimum absolute atomic E-state index is 0.0445. The number of para-hydroxylation sites is 1. The average Bonchev–Trinajstić information content (AvgIpc) is 3.25. The summed E-state index contributed by atoms with van der Waals surface area (Å²) in [5, 5.41) is 10.8. The summed E-state index contributed by atoms with van der Waals surface area (Å²) >= 11 is 0. The van der Waals surface area contributed by atoms with E-state index in [1.165, 1.54) is 0 Å². The second-order valence-corrected chi connectivity index (χ2v) is 10.7. The molecule has 192 valence electrons. The highest BCUT2D eigenvalue weighted by molar-refractivity contribution is 5.94. The van der Waals surface area contributed by atoms with E-state index in [1.54, 1.807) is 9.58 Å². The Kier molecular flexibility index (Phi) is 8.91. The van der Waals surface area contributed by atoms with Crippen LogP contribution in [0.25, 0.3) is 5.69 Å². The second-order valence-electron chi connectivity index (χ2n) is 10.7. The minimum atomic E-state index is -0.260. The zero-order valence-corrected chi connectivity index (χ0v) is 22.3. The predicted octanol–water partition coefficient (Wildman–Crippen LogP) is 5.67. The van der Waals surface area contributed by atoms with Gasteiger partial charge in [0.1, 0.15) is 12.4 Å². The van der Waals surface area contributed by atoms with Crippen LogP contribution in [0.4, 0.5) is 10.6 Å². The van der Waals surface area contributed by atoms with Crippen molar-refractivity contribution < 1.29 is 9.59 Å². The van der Waals surface area contributed by atoms with Gasteiger partial charge in [-0.25, -0.2) is 9.48 Å².